The first kappa shape index (κ1) is 93.5. The van der Waals surface area contributed by atoms with Crippen molar-refractivity contribution < 1.29 is 80.2 Å². The highest BCUT2D eigenvalue weighted by atomic mass is 31.2. The van der Waals surface area contributed by atoms with E-state index in [9.17, 15) is 43.2 Å². The molecule has 5 unspecified atom stereocenters. The van der Waals surface area contributed by atoms with Gasteiger partial charge in [-0.3, -0.25) is 37.3 Å². The van der Waals surface area contributed by atoms with Gasteiger partial charge in [0.2, 0.25) is 0 Å². The minimum atomic E-state index is -4.99. The lowest BCUT2D eigenvalue weighted by Gasteiger charge is -2.21. The van der Waals surface area contributed by atoms with Crippen molar-refractivity contribution >= 4 is 39.5 Å². The summed E-state index contributed by atoms with van der Waals surface area (Å²) in [6.45, 7) is 4.50. The number of unbranched alkanes of at least 4 members (excludes halogenated alkanes) is 24. The first-order valence-electron chi connectivity index (χ1n) is 37.8. The van der Waals surface area contributed by atoms with E-state index < -0.39 is 97.5 Å². The summed E-state index contributed by atoms with van der Waals surface area (Å²) in [5.41, 5.74) is 0. The van der Waals surface area contributed by atoms with Gasteiger partial charge in [0.25, 0.3) is 0 Å². The summed E-state index contributed by atoms with van der Waals surface area (Å²) in [4.78, 5) is 72.8. The van der Waals surface area contributed by atoms with Crippen molar-refractivity contribution in [2.45, 2.75) is 316 Å². The van der Waals surface area contributed by atoms with Crippen LogP contribution in [0.25, 0.3) is 0 Å². The Morgan fingerprint density at radius 3 is 0.878 bits per heavy atom. The van der Waals surface area contributed by atoms with Crippen LogP contribution in [0.2, 0.25) is 0 Å². The zero-order valence-corrected chi connectivity index (χ0v) is 63.0. The number of ether oxygens (including phenoxy) is 4. The highest BCUT2D eigenvalue weighted by Crippen LogP contribution is 2.45. The third kappa shape index (κ3) is 69.9. The molecule has 0 aliphatic heterocycles. The number of phosphoric acid groups is 2. The summed E-state index contributed by atoms with van der Waals surface area (Å²) in [7, 11) is -9.97. The fraction of sp³-hybridized carbons (Fsp3) is 0.696. The molecule has 3 N–H and O–H groups in total. The predicted molar refractivity (Wildman–Crippen MR) is 399 cm³/mol. The van der Waals surface area contributed by atoms with Crippen LogP contribution < -0.4 is 0 Å². The molecule has 0 saturated heterocycles. The molecule has 0 aromatic rings. The van der Waals surface area contributed by atoms with Gasteiger partial charge in [0.15, 0.2) is 12.2 Å². The van der Waals surface area contributed by atoms with Gasteiger partial charge in [-0.05, 0) is 148 Å². The summed E-state index contributed by atoms with van der Waals surface area (Å²) in [5.74, 6) is -2.26. The molecule has 0 saturated carbocycles. The average molecular weight is 1420 g/mol. The predicted octanol–water partition coefficient (Wildman–Crippen LogP) is 21.6. The third-order valence-electron chi connectivity index (χ3n) is 15.4. The molecular weight excluding hydrogens is 1280 g/mol. The summed E-state index contributed by atoms with van der Waals surface area (Å²) < 4.78 is 68.3. The van der Waals surface area contributed by atoms with Gasteiger partial charge in [-0.2, -0.15) is 0 Å². The largest absolute Gasteiger partial charge is 0.472 e. The summed E-state index contributed by atoms with van der Waals surface area (Å²) in [6.07, 6.45) is 76.3. The molecule has 0 radical (unpaired) electrons. The molecule has 98 heavy (non-hydrogen) atoms. The van der Waals surface area contributed by atoms with E-state index in [0.717, 1.165) is 173 Å². The summed E-state index contributed by atoms with van der Waals surface area (Å²) in [5, 5.41) is 10.6. The maximum absolute atomic E-state index is 13.1. The molecule has 0 aromatic carbocycles. The van der Waals surface area contributed by atoms with Crippen LogP contribution in [0, 0.1) is 0 Å². The molecule has 0 bridgehead atoms. The van der Waals surface area contributed by atoms with Gasteiger partial charge in [0, 0.05) is 25.7 Å². The lowest BCUT2D eigenvalue weighted by molar-refractivity contribution is -0.161. The van der Waals surface area contributed by atoms with E-state index in [0.29, 0.717) is 32.1 Å². The Morgan fingerprint density at radius 1 is 0.296 bits per heavy atom. The maximum Gasteiger partial charge on any atom is 0.472 e. The quantitative estimate of drug-likeness (QED) is 0.0169. The van der Waals surface area contributed by atoms with Crippen LogP contribution in [0.4, 0.5) is 0 Å². The summed E-state index contributed by atoms with van der Waals surface area (Å²) in [6, 6.07) is 0. The van der Waals surface area contributed by atoms with Gasteiger partial charge < -0.3 is 33.8 Å². The van der Waals surface area contributed by atoms with Crippen molar-refractivity contribution in [3.8, 4) is 0 Å². The van der Waals surface area contributed by atoms with Crippen molar-refractivity contribution in [2.75, 3.05) is 39.6 Å². The van der Waals surface area contributed by atoms with Crippen molar-refractivity contribution in [3.05, 3.63) is 122 Å². The molecule has 562 valence electrons. The maximum atomic E-state index is 13.1. The van der Waals surface area contributed by atoms with E-state index >= 15 is 0 Å². The zero-order valence-electron chi connectivity index (χ0n) is 61.2. The number of hydrogen-bond donors (Lipinski definition) is 3. The minimum absolute atomic E-state index is 0.0365. The number of aliphatic hydroxyl groups excluding tert-OH is 1. The fourth-order valence-electron chi connectivity index (χ4n) is 9.65. The molecule has 0 aromatic heterocycles. The molecule has 0 heterocycles. The van der Waals surface area contributed by atoms with Gasteiger partial charge in [0.05, 0.1) is 26.4 Å². The minimum Gasteiger partial charge on any atom is -0.462 e. The van der Waals surface area contributed by atoms with Crippen LogP contribution in [0.15, 0.2) is 122 Å². The lowest BCUT2D eigenvalue weighted by atomic mass is 10.1. The molecule has 0 spiro atoms. The highest BCUT2D eigenvalue weighted by molar-refractivity contribution is 7.47. The number of carbonyl (C=O) groups is 4. The second-order valence-electron chi connectivity index (χ2n) is 24.8. The first-order valence-corrected chi connectivity index (χ1v) is 40.8. The van der Waals surface area contributed by atoms with Crippen molar-refractivity contribution in [2.24, 2.45) is 0 Å². The van der Waals surface area contributed by atoms with Crippen LogP contribution >= 0.6 is 15.6 Å². The normalized spacial score (nSPS) is 14.6. The highest BCUT2D eigenvalue weighted by Gasteiger charge is 2.30. The number of aliphatic hydroxyl groups is 1. The number of allylic oxidation sites excluding steroid dienone is 20. The molecule has 0 fully saturated rings. The van der Waals surface area contributed by atoms with Crippen LogP contribution in [0.3, 0.4) is 0 Å². The van der Waals surface area contributed by atoms with Crippen LogP contribution in [-0.2, 0) is 65.4 Å². The number of carbonyl (C=O) groups excluding carboxylic acids is 4. The molecule has 0 aliphatic rings. The number of phosphoric ester groups is 2. The molecule has 17 nitrogen and oxygen atoms in total. The van der Waals surface area contributed by atoms with Crippen molar-refractivity contribution in [1.82, 2.24) is 0 Å². The van der Waals surface area contributed by atoms with Crippen molar-refractivity contribution in [1.29, 1.82) is 0 Å². The molecular formula is C79H134O17P2. The third-order valence-corrected chi connectivity index (χ3v) is 17.3. The number of hydrogen-bond acceptors (Lipinski definition) is 15. The molecule has 0 aliphatic carbocycles. The Labute approximate surface area is 593 Å². The average Bonchev–Trinajstić information content (AvgIpc) is 0.992. The van der Waals surface area contributed by atoms with Crippen molar-refractivity contribution in [3.63, 3.8) is 0 Å². The SMILES string of the molecule is CC/C=C\C/C=C\C/C=C\C/C=C\CCCCCCCCC(=O)OCC(COP(=O)(O)OCC(O)COP(=O)(O)OCC(COC(=O)CCCCCCC/C=C\CCCCCC)OC(=O)CCCCCCC/C=C\CCCC)OC(=O)CCCC/C=C\C/C=C\C/C=C\C/C=C\CC. The molecule has 5 atom stereocenters. The monoisotopic (exact) mass is 1420 g/mol. The number of esters is 4. The Kier molecular flexibility index (Phi) is 67.6. The fourth-order valence-corrected chi connectivity index (χ4v) is 11.2. The smallest absolute Gasteiger partial charge is 0.462 e. The van der Waals surface area contributed by atoms with Crippen LogP contribution in [0.5, 0.6) is 0 Å². The van der Waals surface area contributed by atoms with E-state index in [1.165, 1.54) is 38.5 Å². The van der Waals surface area contributed by atoms with Gasteiger partial charge in [0.1, 0.15) is 19.3 Å². The van der Waals surface area contributed by atoms with Crippen LogP contribution in [0.1, 0.15) is 297 Å². The Balaban J connectivity index is 5.37. The van der Waals surface area contributed by atoms with E-state index in [4.69, 9.17) is 37.0 Å². The van der Waals surface area contributed by atoms with E-state index in [2.05, 4.69) is 149 Å². The zero-order chi connectivity index (χ0) is 71.8. The Hall–Kier alpha value is -4.54. The van der Waals surface area contributed by atoms with Gasteiger partial charge >= 0.3 is 39.5 Å². The molecule has 19 heteroatoms. The first-order chi connectivity index (χ1) is 47.7. The van der Waals surface area contributed by atoms with Gasteiger partial charge in [-0.25, -0.2) is 9.13 Å². The van der Waals surface area contributed by atoms with Gasteiger partial charge in [-0.1, -0.05) is 246 Å². The molecule has 0 amide bonds. The number of rotatable bonds is 70. The molecule has 0 rings (SSSR count). The van der Waals surface area contributed by atoms with E-state index in [1.54, 1.807) is 0 Å². The van der Waals surface area contributed by atoms with E-state index in [-0.39, 0.29) is 25.7 Å². The standard InChI is InChI=1S/C79H134O17P2/c1-5-9-13-17-21-25-29-32-34-35-36-37-39-41-45-48-52-56-60-64-77(82)90-70-75(96-79(84)66-62-58-54-50-46-42-38-33-30-26-22-18-14-10-6-2)72-94-98(87,88)92-68-73(80)67-91-97(85,86)93-71-74(95-78(83)65-61-57-53-49-43-28-24-20-16-12-8-4)69-89-76(81)63-59-55-51-47-44-40-31-27-23-19-15-11-7-3/h9-10,13-14,20-22,24-27,31-34,36-38,46,50,73-75,80H,5-8,11-12,15-19,23,28-30,35,39-45,47-49,51-72H2,1-4H3,(H,85,86)(H,87,88)/b13-9-,14-10-,24-20-,25-21-,26-22-,31-27-,34-32-,37-36-,38-33-,50-46-. The van der Waals surface area contributed by atoms with Gasteiger partial charge in [-0.15, -0.1) is 0 Å². The Morgan fingerprint density at radius 2 is 0.541 bits per heavy atom. The topological polar surface area (TPSA) is 237 Å². The van der Waals surface area contributed by atoms with E-state index in [1.807, 2.05) is 0 Å². The second kappa shape index (κ2) is 70.9. The summed E-state index contributed by atoms with van der Waals surface area (Å²) >= 11 is 0. The Bertz CT molecular complexity index is 2340. The van der Waals surface area contributed by atoms with Crippen LogP contribution in [-0.4, -0.2) is 96.7 Å². The second-order valence-corrected chi connectivity index (χ2v) is 27.7. The lowest BCUT2D eigenvalue weighted by Crippen LogP contribution is -2.30.